The average Bonchev–Trinajstić information content (AvgIpc) is 3.26. The minimum Gasteiger partial charge on any atom is -0.478 e. The number of hydrogen-bond acceptors (Lipinski definition) is 7. The number of fused-ring (bicyclic) bond motifs is 1. The van der Waals surface area contributed by atoms with E-state index in [1.165, 1.54) is 23.5 Å². The first-order chi connectivity index (χ1) is 16.4. The molecule has 0 aliphatic heterocycles. The topological polar surface area (TPSA) is 121 Å². The first-order valence-corrected chi connectivity index (χ1v) is 11.5. The van der Waals surface area contributed by atoms with E-state index in [2.05, 4.69) is 15.3 Å². The number of aromatic nitrogens is 2. The molecule has 9 heteroatoms. The van der Waals surface area contributed by atoms with E-state index in [-0.39, 0.29) is 42.4 Å². The van der Waals surface area contributed by atoms with E-state index >= 15 is 0 Å². The lowest BCUT2D eigenvalue weighted by atomic mass is 10.1. The number of aryl methyl sites for hydroxylation is 1. The molecule has 0 bridgehead atoms. The summed E-state index contributed by atoms with van der Waals surface area (Å²) in [4.78, 5) is 43.8. The van der Waals surface area contributed by atoms with Crippen LogP contribution in [0.15, 0.2) is 58.7 Å². The van der Waals surface area contributed by atoms with Gasteiger partial charge in [0.25, 0.3) is 5.56 Å². The molecule has 0 aliphatic carbocycles. The Morgan fingerprint density at radius 1 is 1.12 bits per heavy atom. The Morgan fingerprint density at radius 3 is 2.65 bits per heavy atom. The van der Waals surface area contributed by atoms with E-state index in [0.717, 1.165) is 16.8 Å². The van der Waals surface area contributed by atoms with Crippen LogP contribution in [0.4, 0.5) is 5.69 Å². The van der Waals surface area contributed by atoms with Crippen LogP contribution in [-0.4, -0.2) is 33.9 Å². The lowest BCUT2D eigenvalue weighted by Gasteiger charge is -2.05. The number of carboxylic acids is 1. The van der Waals surface area contributed by atoms with Crippen molar-refractivity contribution in [2.75, 3.05) is 12.4 Å². The number of aromatic amines is 1. The molecule has 174 valence electrons. The highest BCUT2D eigenvalue weighted by Gasteiger charge is 2.16. The van der Waals surface area contributed by atoms with E-state index in [0.29, 0.717) is 22.2 Å². The summed E-state index contributed by atoms with van der Waals surface area (Å²) < 4.78 is 5.72. The molecule has 2 heterocycles. The number of nitrogens with zero attached hydrogens (tertiary/aromatic N) is 1. The van der Waals surface area contributed by atoms with Crippen LogP contribution >= 0.6 is 11.3 Å². The Labute approximate surface area is 199 Å². The lowest BCUT2D eigenvalue weighted by molar-refractivity contribution is 0.0696. The third-order valence-electron chi connectivity index (χ3n) is 5.37. The van der Waals surface area contributed by atoms with Crippen LogP contribution in [0.25, 0.3) is 10.2 Å². The molecule has 0 spiro atoms. The molecular weight excluding hydrogens is 454 g/mol. The van der Waals surface area contributed by atoms with Gasteiger partial charge in [-0.05, 0) is 47.2 Å². The van der Waals surface area contributed by atoms with E-state index in [1.54, 1.807) is 17.5 Å². The predicted molar refractivity (Wildman–Crippen MR) is 131 cm³/mol. The fourth-order valence-electron chi connectivity index (χ4n) is 3.53. The highest BCUT2D eigenvalue weighted by atomic mass is 32.1. The minimum absolute atomic E-state index is 0.0649. The number of ketones is 1. The Kier molecular flexibility index (Phi) is 7.15. The van der Waals surface area contributed by atoms with E-state index in [9.17, 15) is 14.4 Å². The molecule has 0 aliphatic rings. The SMILES string of the molecule is CNc1cccc(CCC(=O)c2nc3scc(COCc4ccc(C(=O)O)cc4)c3c(=O)[nH]2)c1. The smallest absolute Gasteiger partial charge is 0.335 e. The molecule has 8 nitrogen and oxygen atoms in total. The van der Waals surface area contributed by atoms with E-state index in [1.807, 2.05) is 31.3 Å². The maximum atomic E-state index is 12.7. The molecule has 34 heavy (non-hydrogen) atoms. The fourth-order valence-corrected chi connectivity index (χ4v) is 4.45. The number of benzene rings is 2. The Hall–Kier alpha value is -3.82. The number of hydrogen-bond donors (Lipinski definition) is 3. The van der Waals surface area contributed by atoms with Crippen LogP contribution in [-0.2, 0) is 24.4 Å². The van der Waals surface area contributed by atoms with Gasteiger partial charge in [0.15, 0.2) is 11.6 Å². The number of rotatable bonds is 10. The van der Waals surface area contributed by atoms with Gasteiger partial charge in [0.05, 0.1) is 24.2 Å². The van der Waals surface area contributed by atoms with Crippen LogP contribution in [0.5, 0.6) is 0 Å². The highest BCUT2D eigenvalue weighted by Crippen LogP contribution is 2.23. The zero-order valence-corrected chi connectivity index (χ0v) is 19.3. The number of H-pyrrole nitrogens is 1. The van der Waals surface area contributed by atoms with Crippen LogP contribution in [0.2, 0.25) is 0 Å². The number of aromatic carboxylic acids is 1. The normalized spacial score (nSPS) is 11.0. The first kappa shape index (κ1) is 23.3. The summed E-state index contributed by atoms with van der Waals surface area (Å²) in [6, 6.07) is 14.2. The highest BCUT2D eigenvalue weighted by molar-refractivity contribution is 7.16. The molecule has 0 atom stereocenters. The molecule has 4 rings (SSSR count). The van der Waals surface area contributed by atoms with Crippen LogP contribution in [0.1, 0.15) is 44.1 Å². The fraction of sp³-hybridized carbons (Fsp3) is 0.200. The molecule has 2 aromatic carbocycles. The van der Waals surface area contributed by atoms with Crippen molar-refractivity contribution in [1.29, 1.82) is 0 Å². The second kappa shape index (κ2) is 10.4. The maximum absolute atomic E-state index is 12.7. The quantitative estimate of drug-likeness (QED) is 0.292. The van der Waals surface area contributed by atoms with Crippen molar-refractivity contribution in [3.05, 3.63) is 92.3 Å². The number of carboxylic acid groups (broad SMARTS) is 1. The summed E-state index contributed by atoms with van der Waals surface area (Å²) in [6.45, 7) is 0.467. The van der Waals surface area contributed by atoms with Crippen LogP contribution in [0.3, 0.4) is 0 Å². The zero-order chi connectivity index (χ0) is 24.1. The summed E-state index contributed by atoms with van der Waals surface area (Å²) in [5.41, 5.74) is 3.36. The molecule has 0 saturated carbocycles. The van der Waals surface area contributed by atoms with Gasteiger partial charge in [-0.15, -0.1) is 11.3 Å². The number of nitrogens with one attached hydrogen (secondary N) is 2. The van der Waals surface area contributed by atoms with Crippen molar-refractivity contribution in [3.63, 3.8) is 0 Å². The van der Waals surface area contributed by atoms with Gasteiger partial charge in [-0.25, -0.2) is 9.78 Å². The molecule has 3 N–H and O–H groups in total. The molecule has 4 aromatic rings. The van der Waals surface area contributed by atoms with Crippen molar-refractivity contribution >= 4 is 39.0 Å². The van der Waals surface area contributed by atoms with Crippen LogP contribution < -0.4 is 10.9 Å². The maximum Gasteiger partial charge on any atom is 0.335 e. The molecule has 0 saturated heterocycles. The average molecular weight is 478 g/mol. The van der Waals surface area contributed by atoms with Gasteiger partial charge in [-0.3, -0.25) is 9.59 Å². The number of anilines is 1. The zero-order valence-electron chi connectivity index (χ0n) is 18.5. The number of Topliss-reactive ketones (excluding diaryl/α,β-unsaturated/α-hetero) is 1. The summed E-state index contributed by atoms with van der Waals surface area (Å²) in [5.74, 6) is -1.13. The van der Waals surface area contributed by atoms with Gasteiger partial charge in [0.2, 0.25) is 0 Å². The molecule has 0 amide bonds. The molecular formula is C25H23N3O5S. The van der Waals surface area contributed by atoms with E-state index < -0.39 is 5.97 Å². The summed E-state index contributed by atoms with van der Waals surface area (Å²) >= 11 is 1.29. The number of ether oxygens (including phenoxy) is 1. The predicted octanol–water partition coefficient (Wildman–Crippen LogP) is 4.26. The van der Waals surface area contributed by atoms with E-state index in [4.69, 9.17) is 9.84 Å². The van der Waals surface area contributed by atoms with Gasteiger partial charge in [-0.2, -0.15) is 0 Å². The molecule has 0 fully saturated rings. The van der Waals surface area contributed by atoms with Crippen molar-refractivity contribution < 1.29 is 19.4 Å². The first-order valence-electron chi connectivity index (χ1n) is 10.6. The molecule has 0 radical (unpaired) electrons. The number of carbonyl (C=O) groups is 2. The number of carbonyl (C=O) groups excluding carboxylic acids is 1. The van der Waals surface area contributed by atoms with Gasteiger partial charge < -0.3 is 20.1 Å². The van der Waals surface area contributed by atoms with Crippen molar-refractivity contribution in [2.24, 2.45) is 0 Å². The van der Waals surface area contributed by atoms with Gasteiger partial charge in [-0.1, -0.05) is 24.3 Å². The standard InChI is InChI=1S/C25H23N3O5S/c1-26-19-4-2-3-15(11-19)7-10-20(29)22-27-23(30)21-18(14-34-24(21)28-22)13-33-12-16-5-8-17(9-6-16)25(31)32/h2-6,8-9,11,14,26H,7,10,12-13H2,1H3,(H,31,32)(H,27,28,30). The van der Waals surface area contributed by atoms with Crippen molar-refractivity contribution in [3.8, 4) is 0 Å². The Morgan fingerprint density at radius 2 is 1.91 bits per heavy atom. The lowest BCUT2D eigenvalue weighted by Crippen LogP contribution is -2.16. The summed E-state index contributed by atoms with van der Waals surface area (Å²) in [6.07, 6.45) is 0.788. The molecule has 2 aromatic heterocycles. The van der Waals surface area contributed by atoms with Gasteiger partial charge in [0, 0.05) is 24.7 Å². The molecule has 0 unspecified atom stereocenters. The van der Waals surface area contributed by atoms with Crippen molar-refractivity contribution in [2.45, 2.75) is 26.1 Å². The van der Waals surface area contributed by atoms with Crippen LogP contribution in [0, 0.1) is 0 Å². The van der Waals surface area contributed by atoms with Gasteiger partial charge in [0.1, 0.15) is 4.83 Å². The Balaban J connectivity index is 1.40. The second-order valence-corrected chi connectivity index (χ2v) is 8.58. The van der Waals surface area contributed by atoms with Crippen molar-refractivity contribution in [1.82, 2.24) is 9.97 Å². The Bertz CT molecular complexity index is 1390. The largest absolute Gasteiger partial charge is 0.478 e. The van der Waals surface area contributed by atoms with Gasteiger partial charge >= 0.3 is 5.97 Å². The summed E-state index contributed by atoms with van der Waals surface area (Å²) in [7, 11) is 1.84. The summed E-state index contributed by atoms with van der Waals surface area (Å²) in [5, 5.41) is 14.3. The third-order valence-corrected chi connectivity index (χ3v) is 6.29. The number of thiophene rings is 1. The monoisotopic (exact) mass is 477 g/mol. The second-order valence-electron chi connectivity index (χ2n) is 7.72. The minimum atomic E-state index is -0.982. The third kappa shape index (κ3) is 5.38.